The van der Waals surface area contributed by atoms with Crippen molar-refractivity contribution in [3.63, 3.8) is 0 Å². The fraction of sp³-hybridized carbons (Fsp3) is 0.524. The number of benzene rings is 1. The maximum Gasteiger partial charge on any atom is 0.194 e. The molecule has 1 aromatic carbocycles. The third kappa shape index (κ3) is 6.71. The van der Waals surface area contributed by atoms with Gasteiger partial charge in [0.05, 0.1) is 25.8 Å². The van der Waals surface area contributed by atoms with Gasteiger partial charge in [-0.3, -0.25) is 4.90 Å². The average Bonchev–Trinajstić information content (AvgIpc) is 3.17. The number of nitrogens with one attached hydrogen (secondary N) is 1. The van der Waals surface area contributed by atoms with Crippen LogP contribution < -0.4 is 14.8 Å². The number of aliphatic imine (C=N–C) groups is 1. The first-order valence-electron chi connectivity index (χ1n) is 10.0. The highest BCUT2D eigenvalue weighted by Gasteiger charge is 2.21. The molecule has 0 aliphatic carbocycles. The van der Waals surface area contributed by atoms with E-state index in [1.807, 2.05) is 25.3 Å². The van der Waals surface area contributed by atoms with E-state index >= 15 is 0 Å². The van der Waals surface area contributed by atoms with Crippen molar-refractivity contribution in [3.05, 3.63) is 39.8 Å². The smallest absolute Gasteiger partial charge is 0.194 e. The van der Waals surface area contributed by atoms with Crippen LogP contribution in [0.3, 0.4) is 0 Å². The largest absolute Gasteiger partial charge is 0.497 e. The topological polar surface area (TPSA) is 62.2 Å². The van der Waals surface area contributed by atoms with Crippen molar-refractivity contribution in [2.75, 3.05) is 46.9 Å². The van der Waals surface area contributed by atoms with Crippen molar-refractivity contribution in [2.24, 2.45) is 4.99 Å². The van der Waals surface area contributed by atoms with E-state index in [9.17, 15) is 0 Å². The van der Waals surface area contributed by atoms with Crippen LogP contribution in [0.5, 0.6) is 11.5 Å². The van der Waals surface area contributed by atoms with Gasteiger partial charge in [0.2, 0.25) is 0 Å². The molecule has 1 fully saturated rings. The first-order valence-corrected chi connectivity index (χ1v) is 10.8. The maximum absolute atomic E-state index is 5.53. The molecule has 0 radical (unpaired) electrons. The first kappa shape index (κ1) is 24.7. The van der Waals surface area contributed by atoms with Gasteiger partial charge in [-0.1, -0.05) is 0 Å². The van der Waals surface area contributed by atoms with Crippen molar-refractivity contribution in [1.29, 1.82) is 0 Å². The van der Waals surface area contributed by atoms with Crippen LogP contribution in [-0.4, -0.2) is 67.7 Å². The molecular formula is C21H32IN5O2S. The molecule has 2 aromatic rings. The van der Waals surface area contributed by atoms with E-state index in [0.29, 0.717) is 6.54 Å². The zero-order valence-corrected chi connectivity index (χ0v) is 21.3. The molecule has 9 heteroatoms. The average molecular weight is 545 g/mol. The van der Waals surface area contributed by atoms with Crippen LogP contribution in [0.25, 0.3) is 0 Å². The molecule has 2 heterocycles. The minimum Gasteiger partial charge on any atom is -0.497 e. The van der Waals surface area contributed by atoms with E-state index < -0.39 is 0 Å². The third-order valence-corrected chi connectivity index (χ3v) is 5.84. The highest BCUT2D eigenvalue weighted by molar-refractivity contribution is 14.0. The molecule has 0 amide bonds. The summed E-state index contributed by atoms with van der Waals surface area (Å²) in [5, 5.41) is 4.52. The molecule has 3 rings (SSSR count). The van der Waals surface area contributed by atoms with Crippen LogP contribution in [0.1, 0.15) is 22.4 Å². The molecule has 1 aliphatic heterocycles. The number of hydrogen-bond donors (Lipinski definition) is 1. The minimum atomic E-state index is 0. The summed E-state index contributed by atoms with van der Waals surface area (Å²) in [6.07, 6.45) is 1.92. The number of aromatic nitrogens is 1. The zero-order valence-electron chi connectivity index (χ0n) is 18.2. The Morgan fingerprint density at radius 3 is 2.57 bits per heavy atom. The van der Waals surface area contributed by atoms with E-state index in [1.165, 1.54) is 4.88 Å². The standard InChI is InChI=1S/C21H31N5O2S.HI/c1-5-22-21(24-14-19-13-23-16(2)29-19)26-10-8-25(9-11-26)15-17-12-18(27-3)6-7-20(17)28-4;/h6-7,12-13H,5,8-11,14-15H2,1-4H3,(H,22,24);1H. The summed E-state index contributed by atoms with van der Waals surface area (Å²) in [5.74, 6) is 2.75. The number of piperazine rings is 1. The number of thiazole rings is 1. The Hall–Kier alpha value is -1.59. The molecule has 0 bridgehead atoms. The number of rotatable bonds is 7. The Morgan fingerprint density at radius 2 is 1.97 bits per heavy atom. The zero-order chi connectivity index (χ0) is 20.6. The maximum atomic E-state index is 5.53. The fourth-order valence-electron chi connectivity index (χ4n) is 3.42. The molecule has 7 nitrogen and oxygen atoms in total. The van der Waals surface area contributed by atoms with Crippen LogP contribution in [0, 0.1) is 6.92 Å². The van der Waals surface area contributed by atoms with Crippen molar-refractivity contribution in [3.8, 4) is 11.5 Å². The number of hydrogen-bond acceptors (Lipinski definition) is 6. The van der Waals surface area contributed by atoms with Gasteiger partial charge in [-0.05, 0) is 32.0 Å². The Kier molecular flexibility index (Phi) is 10.1. The van der Waals surface area contributed by atoms with E-state index in [-0.39, 0.29) is 24.0 Å². The molecule has 1 aromatic heterocycles. The van der Waals surface area contributed by atoms with Crippen LogP contribution >= 0.6 is 35.3 Å². The Morgan fingerprint density at radius 1 is 1.20 bits per heavy atom. The normalized spacial score (nSPS) is 14.9. The van der Waals surface area contributed by atoms with Gasteiger partial charge in [0.25, 0.3) is 0 Å². The summed E-state index contributed by atoms with van der Waals surface area (Å²) in [7, 11) is 3.41. The van der Waals surface area contributed by atoms with Crippen molar-refractivity contribution in [2.45, 2.75) is 26.9 Å². The Bertz CT molecular complexity index is 821. The lowest BCUT2D eigenvalue weighted by atomic mass is 10.1. The van der Waals surface area contributed by atoms with Gasteiger partial charge in [0.15, 0.2) is 5.96 Å². The molecule has 1 N–H and O–H groups in total. The summed E-state index contributed by atoms with van der Waals surface area (Å²) in [4.78, 5) is 15.1. The Labute approximate surface area is 200 Å². The Balaban J connectivity index is 0.00000320. The molecule has 0 atom stereocenters. The first-order chi connectivity index (χ1) is 14.1. The SMILES string of the molecule is CCNC(=NCc1cnc(C)s1)N1CCN(Cc2cc(OC)ccc2OC)CC1.I. The molecule has 0 unspecified atom stereocenters. The predicted octanol–water partition coefficient (Wildman–Crippen LogP) is 3.37. The van der Waals surface area contributed by atoms with Crippen LogP contribution in [-0.2, 0) is 13.1 Å². The van der Waals surface area contributed by atoms with Crippen molar-refractivity contribution < 1.29 is 9.47 Å². The van der Waals surface area contributed by atoms with Crippen molar-refractivity contribution >= 4 is 41.3 Å². The second kappa shape index (κ2) is 12.3. The summed E-state index contributed by atoms with van der Waals surface area (Å²) >= 11 is 1.71. The van der Waals surface area contributed by atoms with E-state index in [4.69, 9.17) is 14.5 Å². The predicted molar refractivity (Wildman–Crippen MR) is 133 cm³/mol. The second-order valence-corrected chi connectivity index (χ2v) is 8.28. The van der Waals surface area contributed by atoms with Gasteiger partial charge in [-0.15, -0.1) is 35.3 Å². The van der Waals surface area contributed by atoms with Crippen LogP contribution in [0.2, 0.25) is 0 Å². The van der Waals surface area contributed by atoms with Gasteiger partial charge in [-0.25, -0.2) is 9.98 Å². The molecule has 0 saturated carbocycles. The summed E-state index contributed by atoms with van der Waals surface area (Å²) in [6.45, 7) is 10.4. The number of methoxy groups -OCH3 is 2. The summed E-state index contributed by atoms with van der Waals surface area (Å²) in [5.41, 5.74) is 1.15. The minimum absolute atomic E-state index is 0. The lowest BCUT2D eigenvalue weighted by Crippen LogP contribution is -2.52. The lowest BCUT2D eigenvalue weighted by molar-refractivity contribution is 0.171. The molecule has 166 valence electrons. The monoisotopic (exact) mass is 545 g/mol. The lowest BCUT2D eigenvalue weighted by Gasteiger charge is -2.36. The van der Waals surface area contributed by atoms with Crippen LogP contribution in [0.15, 0.2) is 29.4 Å². The molecule has 0 spiro atoms. The quantitative estimate of drug-likeness (QED) is 0.327. The number of ether oxygens (including phenoxy) is 2. The molecule has 1 aliphatic rings. The summed E-state index contributed by atoms with van der Waals surface area (Å²) in [6, 6.07) is 5.97. The number of nitrogens with zero attached hydrogens (tertiary/aromatic N) is 4. The third-order valence-electron chi connectivity index (χ3n) is 4.94. The number of aryl methyl sites for hydroxylation is 1. The van der Waals surface area contributed by atoms with Gasteiger partial charge in [0, 0.05) is 55.9 Å². The van der Waals surface area contributed by atoms with Crippen LogP contribution in [0.4, 0.5) is 0 Å². The van der Waals surface area contributed by atoms with E-state index in [1.54, 1.807) is 25.6 Å². The summed E-state index contributed by atoms with van der Waals surface area (Å²) < 4.78 is 10.9. The number of guanidine groups is 1. The molecular weight excluding hydrogens is 513 g/mol. The molecule has 30 heavy (non-hydrogen) atoms. The van der Waals surface area contributed by atoms with E-state index in [0.717, 1.165) is 67.3 Å². The van der Waals surface area contributed by atoms with Crippen molar-refractivity contribution in [1.82, 2.24) is 20.1 Å². The van der Waals surface area contributed by atoms with Gasteiger partial charge < -0.3 is 19.7 Å². The fourth-order valence-corrected chi connectivity index (χ4v) is 4.14. The van der Waals surface area contributed by atoms with Gasteiger partial charge in [-0.2, -0.15) is 0 Å². The van der Waals surface area contributed by atoms with Gasteiger partial charge >= 0.3 is 0 Å². The van der Waals surface area contributed by atoms with E-state index in [2.05, 4.69) is 33.1 Å². The molecule has 1 saturated heterocycles. The highest BCUT2D eigenvalue weighted by Crippen LogP contribution is 2.25. The number of halogens is 1. The second-order valence-electron chi connectivity index (χ2n) is 6.96. The highest BCUT2D eigenvalue weighted by atomic mass is 127. The van der Waals surface area contributed by atoms with Gasteiger partial charge in [0.1, 0.15) is 11.5 Å².